The maximum atomic E-state index is 13.4. The Labute approximate surface area is 77.2 Å². The smallest absolute Gasteiger partial charge is 0.128 e. The second kappa shape index (κ2) is 2.98. The van der Waals surface area contributed by atoms with Gasteiger partial charge in [0.15, 0.2) is 0 Å². The van der Waals surface area contributed by atoms with Gasteiger partial charge in [-0.1, -0.05) is 19.9 Å². The van der Waals surface area contributed by atoms with E-state index in [2.05, 4.69) is 10.5 Å². The van der Waals surface area contributed by atoms with E-state index in [1.807, 2.05) is 19.9 Å². The molecule has 1 heterocycles. The first-order valence-corrected chi connectivity index (χ1v) is 4.58. The number of nitrogens with zero attached hydrogens (tertiary/aromatic N) is 1. The molecule has 70 valence electrons. The van der Waals surface area contributed by atoms with Crippen molar-refractivity contribution in [3.8, 4) is 0 Å². The molecule has 1 unspecified atom stereocenters. The van der Waals surface area contributed by atoms with Crippen molar-refractivity contribution >= 4 is 5.71 Å². The Hall–Kier alpha value is -1.12. The standard InChI is InChI=1S/C10H13FN2/c1-6(2)8-3-7-5-12-13-10(7)4-9(8)11/h3-4,6-7,12H,5H2,1-2H3. The lowest BCUT2D eigenvalue weighted by Gasteiger charge is -2.17. The summed E-state index contributed by atoms with van der Waals surface area (Å²) in [5.74, 6) is 0.393. The van der Waals surface area contributed by atoms with Crippen LogP contribution in [0.2, 0.25) is 0 Å². The van der Waals surface area contributed by atoms with E-state index >= 15 is 0 Å². The van der Waals surface area contributed by atoms with E-state index in [9.17, 15) is 4.39 Å². The molecule has 0 amide bonds. The molecule has 13 heavy (non-hydrogen) atoms. The third-order valence-electron chi connectivity index (χ3n) is 2.45. The molecule has 0 spiro atoms. The molecule has 0 fully saturated rings. The van der Waals surface area contributed by atoms with Crippen LogP contribution in [0, 0.1) is 11.8 Å². The van der Waals surface area contributed by atoms with E-state index in [1.165, 1.54) is 0 Å². The zero-order valence-electron chi connectivity index (χ0n) is 7.84. The van der Waals surface area contributed by atoms with Crippen LogP contribution in [0.4, 0.5) is 4.39 Å². The van der Waals surface area contributed by atoms with Gasteiger partial charge in [0.2, 0.25) is 0 Å². The van der Waals surface area contributed by atoms with E-state index in [4.69, 9.17) is 0 Å². The second-order valence-corrected chi connectivity index (χ2v) is 3.77. The minimum atomic E-state index is -0.131. The van der Waals surface area contributed by atoms with Crippen molar-refractivity contribution in [2.45, 2.75) is 13.8 Å². The van der Waals surface area contributed by atoms with Crippen LogP contribution in [-0.2, 0) is 0 Å². The van der Waals surface area contributed by atoms with Gasteiger partial charge in [0, 0.05) is 12.5 Å². The van der Waals surface area contributed by atoms with Gasteiger partial charge in [-0.05, 0) is 17.6 Å². The van der Waals surface area contributed by atoms with Crippen LogP contribution in [0.25, 0.3) is 0 Å². The molecule has 0 bridgehead atoms. The number of hydrogen-bond donors (Lipinski definition) is 1. The Kier molecular flexibility index (Phi) is 1.94. The van der Waals surface area contributed by atoms with Gasteiger partial charge in [0.1, 0.15) is 5.83 Å². The van der Waals surface area contributed by atoms with Crippen LogP contribution in [0.3, 0.4) is 0 Å². The Morgan fingerprint density at radius 2 is 2.38 bits per heavy atom. The van der Waals surface area contributed by atoms with Crippen molar-refractivity contribution in [2.24, 2.45) is 16.9 Å². The fourth-order valence-electron chi connectivity index (χ4n) is 1.68. The highest BCUT2D eigenvalue weighted by atomic mass is 19.1. The highest BCUT2D eigenvalue weighted by Crippen LogP contribution is 2.28. The van der Waals surface area contributed by atoms with Gasteiger partial charge in [0.05, 0.1) is 5.71 Å². The second-order valence-electron chi connectivity index (χ2n) is 3.77. The number of fused-ring (bicyclic) bond motifs is 1. The number of hydrazone groups is 1. The van der Waals surface area contributed by atoms with Crippen molar-refractivity contribution in [1.29, 1.82) is 0 Å². The predicted octanol–water partition coefficient (Wildman–Crippen LogP) is 2.01. The summed E-state index contributed by atoms with van der Waals surface area (Å²) in [5, 5.41) is 4.01. The van der Waals surface area contributed by atoms with E-state index in [-0.39, 0.29) is 17.7 Å². The largest absolute Gasteiger partial charge is 0.309 e. The average Bonchev–Trinajstić information content (AvgIpc) is 2.48. The average molecular weight is 180 g/mol. The first-order chi connectivity index (χ1) is 6.18. The van der Waals surface area contributed by atoms with Gasteiger partial charge in [0.25, 0.3) is 0 Å². The molecular weight excluding hydrogens is 167 g/mol. The molecular formula is C10H13FN2. The van der Waals surface area contributed by atoms with Gasteiger partial charge in [-0.3, -0.25) is 0 Å². The Bertz CT molecular complexity index is 313. The summed E-state index contributed by atoms with van der Waals surface area (Å²) >= 11 is 0. The molecule has 2 rings (SSSR count). The summed E-state index contributed by atoms with van der Waals surface area (Å²) < 4.78 is 13.4. The molecule has 1 atom stereocenters. The van der Waals surface area contributed by atoms with Gasteiger partial charge in [-0.15, -0.1) is 0 Å². The molecule has 2 aliphatic rings. The third kappa shape index (κ3) is 1.39. The lowest BCUT2D eigenvalue weighted by atomic mass is 9.89. The zero-order valence-corrected chi connectivity index (χ0v) is 7.84. The van der Waals surface area contributed by atoms with Crippen molar-refractivity contribution in [2.75, 3.05) is 6.54 Å². The highest BCUT2D eigenvalue weighted by Gasteiger charge is 2.25. The minimum absolute atomic E-state index is 0.131. The van der Waals surface area contributed by atoms with Crippen molar-refractivity contribution in [3.63, 3.8) is 0 Å². The van der Waals surface area contributed by atoms with Crippen LogP contribution in [0.1, 0.15) is 13.8 Å². The van der Waals surface area contributed by atoms with Gasteiger partial charge < -0.3 is 5.43 Å². The Morgan fingerprint density at radius 3 is 3.08 bits per heavy atom. The molecule has 1 aliphatic heterocycles. The molecule has 0 aromatic rings. The maximum absolute atomic E-state index is 13.4. The predicted molar refractivity (Wildman–Crippen MR) is 51.0 cm³/mol. The number of halogens is 1. The summed E-state index contributed by atoms with van der Waals surface area (Å²) in [4.78, 5) is 0. The fraction of sp³-hybridized carbons (Fsp3) is 0.500. The Balaban J connectivity index is 2.33. The molecule has 0 radical (unpaired) electrons. The normalized spacial score (nSPS) is 26.2. The number of rotatable bonds is 1. The summed E-state index contributed by atoms with van der Waals surface area (Å²) in [6.07, 6.45) is 3.53. The molecule has 1 N–H and O–H groups in total. The first kappa shape index (κ1) is 8.48. The molecule has 0 aromatic heterocycles. The van der Waals surface area contributed by atoms with E-state index in [0.717, 1.165) is 17.8 Å². The molecule has 0 saturated heterocycles. The highest BCUT2D eigenvalue weighted by molar-refractivity contribution is 6.01. The van der Waals surface area contributed by atoms with E-state index < -0.39 is 0 Å². The number of nitrogens with one attached hydrogen (secondary N) is 1. The molecule has 0 saturated carbocycles. The van der Waals surface area contributed by atoms with Gasteiger partial charge in [-0.2, -0.15) is 5.10 Å². The number of allylic oxidation sites excluding steroid dienone is 3. The third-order valence-corrected chi connectivity index (χ3v) is 2.45. The summed E-state index contributed by atoms with van der Waals surface area (Å²) in [6, 6.07) is 0. The molecule has 3 heteroatoms. The van der Waals surface area contributed by atoms with E-state index in [0.29, 0.717) is 0 Å². The molecule has 1 aliphatic carbocycles. The number of hydrogen-bond acceptors (Lipinski definition) is 2. The summed E-state index contributed by atoms with van der Waals surface area (Å²) in [6.45, 7) is 4.81. The Morgan fingerprint density at radius 1 is 1.62 bits per heavy atom. The zero-order chi connectivity index (χ0) is 9.42. The van der Waals surface area contributed by atoms with E-state index in [1.54, 1.807) is 6.08 Å². The molecule has 0 aromatic carbocycles. The van der Waals surface area contributed by atoms with Crippen LogP contribution in [0.5, 0.6) is 0 Å². The monoisotopic (exact) mass is 180 g/mol. The van der Waals surface area contributed by atoms with Gasteiger partial charge >= 0.3 is 0 Å². The van der Waals surface area contributed by atoms with Crippen molar-refractivity contribution in [1.82, 2.24) is 5.43 Å². The minimum Gasteiger partial charge on any atom is -0.309 e. The summed E-state index contributed by atoms with van der Waals surface area (Å²) in [7, 11) is 0. The van der Waals surface area contributed by atoms with Crippen molar-refractivity contribution in [3.05, 3.63) is 23.6 Å². The lowest BCUT2D eigenvalue weighted by molar-refractivity contribution is 0.598. The molecule has 2 nitrogen and oxygen atoms in total. The maximum Gasteiger partial charge on any atom is 0.128 e. The SMILES string of the molecule is CC(C)C1=CC2CNN=C2C=C1F. The van der Waals surface area contributed by atoms with Crippen LogP contribution >= 0.6 is 0 Å². The quantitative estimate of drug-likeness (QED) is 0.655. The van der Waals surface area contributed by atoms with Crippen LogP contribution < -0.4 is 5.43 Å². The van der Waals surface area contributed by atoms with Crippen LogP contribution in [-0.4, -0.2) is 12.3 Å². The summed E-state index contributed by atoms with van der Waals surface area (Å²) in [5.41, 5.74) is 4.51. The van der Waals surface area contributed by atoms with Crippen LogP contribution in [0.15, 0.2) is 28.7 Å². The first-order valence-electron chi connectivity index (χ1n) is 4.58. The van der Waals surface area contributed by atoms with Crippen molar-refractivity contribution < 1.29 is 4.39 Å². The fourth-order valence-corrected chi connectivity index (χ4v) is 1.68. The van der Waals surface area contributed by atoms with Gasteiger partial charge in [-0.25, -0.2) is 4.39 Å². The topological polar surface area (TPSA) is 24.4 Å². The lowest BCUT2D eigenvalue weighted by Crippen LogP contribution is -2.17.